The molecule has 3 nitrogen and oxygen atoms in total. The molecule has 1 N–H and O–H groups in total. The summed E-state index contributed by atoms with van der Waals surface area (Å²) in [6, 6.07) is 10.3. The largest absolute Gasteiger partial charge is 0.508 e. The highest BCUT2D eigenvalue weighted by Gasteiger charge is 1.97. The Kier molecular flexibility index (Phi) is 1.60. The lowest BCUT2D eigenvalue weighted by Gasteiger charge is -1.97. The summed E-state index contributed by atoms with van der Waals surface area (Å²) in [6.45, 7) is 0. The molecule has 2 rings (SSSR count). The first-order valence-corrected chi connectivity index (χ1v) is 3.79. The smallest absolute Gasteiger partial charge is 0.141 e. The van der Waals surface area contributed by atoms with Crippen molar-refractivity contribution in [3.05, 3.63) is 36.0 Å². The number of fused-ring (bicyclic) bond motifs is 1. The van der Waals surface area contributed by atoms with E-state index in [-0.39, 0.29) is 5.75 Å². The van der Waals surface area contributed by atoms with Crippen molar-refractivity contribution in [1.29, 1.82) is 5.26 Å². The minimum absolute atomic E-state index is 0.162. The maximum atomic E-state index is 9.17. The van der Waals surface area contributed by atoms with Gasteiger partial charge < -0.3 is 5.11 Å². The Morgan fingerprint density at radius 2 is 2.00 bits per heavy atom. The normalized spacial score (nSPS) is 9.77. The minimum atomic E-state index is 0.162. The molecular formula is C10H6N2O. The predicted molar refractivity (Wildman–Crippen MR) is 48.1 cm³/mol. The second kappa shape index (κ2) is 2.76. The molecule has 0 aliphatic carbocycles. The van der Waals surface area contributed by atoms with Crippen LogP contribution in [0.3, 0.4) is 0 Å². The van der Waals surface area contributed by atoms with Crippen LogP contribution in [0.15, 0.2) is 30.3 Å². The van der Waals surface area contributed by atoms with Gasteiger partial charge in [-0.2, -0.15) is 5.26 Å². The van der Waals surface area contributed by atoms with Crippen LogP contribution >= 0.6 is 0 Å². The molecule has 1 aromatic heterocycles. The highest BCUT2D eigenvalue weighted by molar-refractivity contribution is 5.80. The maximum Gasteiger partial charge on any atom is 0.141 e. The molecule has 0 atom stereocenters. The van der Waals surface area contributed by atoms with Crippen LogP contribution < -0.4 is 0 Å². The van der Waals surface area contributed by atoms with E-state index in [0.29, 0.717) is 11.2 Å². The maximum absolute atomic E-state index is 9.17. The molecule has 2 aromatic rings. The molecule has 0 amide bonds. The Bertz CT molecular complexity index is 500. The molecule has 1 aromatic carbocycles. The summed E-state index contributed by atoms with van der Waals surface area (Å²) in [5, 5.41) is 18.7. The summed E-state index contributed by atoms with van der Waals surface area (Å²) in [7, 11) is 0. The van der Waals surface area contributed by atoms with Crippen molar-refractivity contribution in [1.82, 2.24) is 4.98 Å². The highest BCUT2D eigenvalue weighted by Crippen LogP contribution is 2.17. The fraction of sp³-hybridized carbons (Fsp3) is 0. The molecule has 0 saturated carbocycles. The standard InChI is InChI=1S/C10H6N2O/c11-6-8-3-1-7-2-4-9(13)5-10(7)12-8/h1-5,13H. The number of nitriles is 1. The first kappa shape index (κ1) is 7.56. The second-order valence-corrected chi connectivity index (χ2v) is 2.69. The lowest BCUT2D eigenvalue weighted by Crippen LogP contribution is -1.83. The Balaban J connectivity index is 2.77. The van der Waals surface area contributed by atoms with Gasteiger partial charge in [-0.15, -0.1) is 0 Å². The molecule has 0 saturated heterocycles. The predicted octanol–water partition coefficient (Wildman–Crippen LogP) is 1.81. The fourth-order valence-corrected chi connectivity index (χ4v) is 1.17. The van der Waals surface area contributed by atoms with Crippen LogP contribution in [0.1, 0.15) is 5.69 Å². The van der Waals surface area contributed by atoms with Crippen molar-refractivity contribution in [3.63, 3.8) is 0 Å². The van der Waals surface area contributed by atoms with Gasteiger partial charge in [0, 0.05) is 11.5 Å². The number of nitrogens with zero attached hydrogens (tertiary/aromatic N) is 2. The number of phenolic OH excluding ortho intramolecular Hbond substituents is 1. The molecule has 3 heteroatoms. The number of aromatic hydroxyl groups is 1. The second-order valence-electron chi connectivity index (χ2n) is 2.69. The van der Waals surface area contributed by atoms with Gasteiger partial charge in [0.1, 0.15) is 17.5 Å². The van der Waals surface area contributed by atoms with Crippen LogP contribution in [0.25, 0.3) is 10.9 Å². The van der Waals surface area contributed by atoms with Crippen LogP contribution in [0, 0.1) is 11.3 Å². The number of benzene rings is 1. The number of phenols is 1. The van der Waals surface area contributed by atoms with E-state index in [2.05, 4.69) is 4.98 Å². The summed E-state index contributed by atoms with van der Waals surface area (Å²) >= 11 is 0. The molecule has 1 heterocycles. The van der Waals surface area contributed by atoms with Gasteiger partial charge in [0.25, 0.3) is 0 Å². The summed E-state index contributed by atoms with van der Waals surface area (Å²) in [5.41, 5.74) is 0.997. The van der Waals surface area contributed by atoms with Gasteiger partial charge in [0.2, 0.25) is 0 Å². The minimum Gasteiger partial charge on any atom is -0.508 e. The number of hydrogen-bond acceptors (Lipinski definition) is 3. The topological polar surface area (TPSA) is 56.9 Å². The first-order valence-electron chi connectivity index (χ1n) is 3.79. The van der Waals surface area contributed by atoms with E-state index >= 15 is 0 Å². The number of rotatable bonds is 0. The lowest BCUT2D eigenvalue weighted by atomic mass is 10.2. The van der Waals surface area contributed by atoms with Crippen molar-refractivity contribution >= 4 is 10.9 Å². The van der Waals surface area contributed by atoms with Crippen molar-refractivity contribution in [2.24, 2.45) is 0 Å². The van der Waals surface area contributed by atoms with Crippen molar-refractivity contribution in [2.75, 3.05) is 0 Å². The molecule has 0 fully saturated rings. The van der Waals surface area contributed by atoms with Gasteiger partial charge in [-0.25, -0.2) is 4.98 Å². The van der Waals surface area contributed by atoms with Gasteiger partial charge >= 0.3 is 0 Å². The Morgan fingerprint density at radius 1 is 1.23 bits per heavy atom. The van der Waals surface area contributed by atoms with E-state index in [9.17, 15) is 5.11 Å². The molecule has 0 aliphatic rings. The molecule has 0 unspecified atom stereocenters. The van der Waals surface area contributed by atoms with E-state index < -0.39 is 0 Å². The molecule has 0 radical (unpaired) electrons. The Morgan fingerprint density at radius 3 is 2.77 bits per heavy atom. The van der Waals surface area contributed by atoms with Crippen molar-refractivity contribution in [2.45, 2.75) is 0 Å². The van der Waals surface area contributed by atoms with Gasteiger partial charge in [-0.1, -0.05) is 0 Å². The van der Waals surface area contributed by atoms with E-state index in [4.69, 9.17) is 5.26 Å². The number of pyridine rings is 1. The number of aromatic nitrogens is 1. The third kappa shape index (κ3) is 1.30. The summed E-state index contributed by atoms with van der Waals surface area (Å²) < 4.78 is 0. The van der Waals surface area contributed by atoms with Crippen molar-refractivity contribution in [3.8, 4) is 11.8 Å². The number of hydrogen-bond donors (Lipinski definition) is 1. The monoisotopic (exact) mass is 170 g/mol. The molecule has 0 bridgehead atoms. The summed E-state index contributed by atoms with van der Waals surface area (Å²) in [5.74, 6) is 0.162. The van der Waals surface area contributed by atoms with Gasteiger partial charge in [-0.3, -0.25) is 0 Å². The van der Waals surface area contributed by atoms with Crippen LogP contribution in [0.4, 0.5) is 0 Å². The van der Waals surface area contributed by atoms with Crippen LogP contribution in [-0.2, 0) is 0 Å². The van der Waals surface area contributed by atoms with Crippen LogP contribution in [0.5, 0.6) is 5.75 Å². The molecule has 62 valence electrons. The van der Waals surface area contributed by atoms with Gasteiger partial charge in [0.05, 0.1) is 5.52 Å². The zero-order valence-corrected chi connectivity index (χ0v) is 6.73. The van der Waals surface area contributed by atoms with Gasteiger partial charge in [-0.05, 0) is 24.3 Å². The molecule has 13 heavy (non-hydrogen) atoms. The SMILES string of the molecule is N#Cc1ccc2ccc(O)cc2n1. The Labute approximate surface area is 74.9 Å². The third-order valence-electron chi connectivity index (χ3n) is 1.79. The third-order valence-corrected chi connectivity index (χ3v) is 1.79. The van der Waals surface area contributed by atoms with Crippen molar-refractivity contribution < 1.29 is 5.11 Å². The van der Waals surface area contributed by atoms with Crippen LogP contribution in [0.2, 0.25) is 0 Å². The molecule has 0 spiro atoms. The zero-order chi connectivity index (χ0) is 9.26. The molecule has 0 aliphatic heterocycles. The average Bonchev–Trinajstić information content (AvgIpc) is 2.16. The lowest BCUT2D eigenvalue weighted by molar-refractivity contribution is 0.476. The Hall–Kier alpha value is -2.08. The average molecular weight is 170 g/mol. The zero-order valence-electron chi connectivity index (χ0n) is 6.73. The van der Waals surface area contributed by atoms with Crippen LogP contribution in [-0.4, -0.2) is 10.1 Å². The quantitative estimate of drug-likeness (QED) is 0.656. The summed E-state index contributed by atoms with van der Waals surface area (Å²) in [6.07, 6.45) is 0. The summed E-state index contributed by atoms with van der Waals surface area (Å²) in [4.78, 5) is 4.03. The van der Waals surface area contributed by atoms with E-state index in [0.717, 1.165) is 5.39 Å². The van der Waals surface area contributed by atoms with E-state index in [1.54, 1.807) is 24.3 Å². The molecular weight excluding hydrogens is 164 g/mol. The fourth-order valence-electron chi connectivity index (χ4n) is 1.17. The van der Waals surface area contributed by atoms with E-state index in [1.165, 1.54) is 6.07 Å². The highest BCUT2D eigenvalue weighted by atomic mass is 16.3. The van der Waals surface area contributed by atoms with E-state index in [1.807, 2.05) is 6.07 Å². The first-order chi connectivity index (χ1) is 6.29. The van der Waals surface area contributed by atoms with Gasteiger partial charge in [0.15, 0.2) is 0 Å².